The molecule has 0 aromatic heterocycles. The molecule has 1 amide bonds. The van der Waals surface area contributed by atoms with Crippen LogP contribution in [0.3, 0.4) is 0 Å². The fourth-order valence-electron chi connectivity index (χ4n) is 4.16. The van der Waals surface area contributed by atoms with Crippen LogP contribution in [0, 0.1) is 5.82 Å². The highest BCUT2D eigenvalue weighted by Gasteiger charge is 2.32. The fourth-order valence-corrected chi connectivity index (χ4v) is 4.16. The lowest BCUT2D eigenvalue weighted by molar-refractivity contribution is -0.117. The number of Topliss-reactive ketones (excluding diaryl/α,β-unsaturated/α-hetero) is 1. The van der Waals surface area contributed by atoms with Gasteiger partial charge in [0.15, 0.2) is 0 Å². The number of nitrogens with zero attached hydrogens (tertiary/aromatic N) is 3. The van der Waals surface area contributed by atoms with Gasteiger partial charge in [0.25, 0.3) is 0 Å². The molecule has 2 aliphatic heterocycles. The molecule has 0 unspecified atom stereocenters. The number of ether oxygens (including phenoxy) is 1. The van der Waals surface area contributed by atoms with Gasteiger partial charge >= 0.3 is 6.09 Å². The summed E-state index contributed by atoms with van der Waals surface area (Å²) in [6.07, 6.45) is -0.0238. The summed E-state index contributed by atoms with van der Waals surface area (Å²) in [5.74, 6) is -0.321. The van der Waals surface area contributed by atoms with E-state index in [9.17, 15) is 9.59 Å². The zero-order valence-corrected chi connectivity index (χ0v) is 18.8. The number of nitrogens with one attached hydrogen (secondary N) is 1. The van der Waals surface area contributed by atoms with E-state index in [0.717, 1.165) is 24.3 Å². The van der Waals surface area contributed by atoms with E-state index in [1.165, 1.54) is 17.9 Å². The lowest BCUT2D eigenvalue weighted by atomic mass is 10.1. The first-order valence-electron chi connectivity index (χ1n) is 11.2. The summed E-state index contributed by atoms with van der Waals surface area (Å²) in [5, 5.41) is 2.12. The average Bonchev–Trinajstić information content (AvgIpc) is 3.01. The van der Waals surface area contributed by atoms with Crippen LogP contribution in [0.15, 0.2) is 42.5 Å². The minimum Gasteiger partial charge on any atom is -0.444 e. The summed E-state index contributed by atoms with van der Waals surface area (Å²) in [6.45, 7) is 5.30. The van der Waals surface area contributed by atoms with E-state index < -0.39 is 6.09 Å². The quantitative estimate of drug-likeness (QED) is 0.621. The van der Waals surface area contributed by atoms with Gasteiger partial charge in [0.1, 0.15) is 17.7 Å². The predicted molar refractivity (Wildman–Crippen MR) is 125 cm³/mol. The molecule has 0 radical (unpaired) electrons. The normalized spacial score (nSPS) is 19.5. The van der Waals surface area contributed by atoms with E-state index in [1.54, 1.807) is 12.1 Å². The first-order valence-corrected chi connectivity index (χ1v) is 11.2. The Morgan fingerprint density at radius 2 is 1.97 bits per heavy atom. The average molecular weight is 456 g/mol. The summed E-state index contributed by atoms with van der Waals surface area (Å²) >= 11 is 0. The second-order valence-corrected chi connectivity index (χ2v) is 8.55. The molecule has 2 fully saturated rings. The van der Waals surface area contributed by atoms with Crippen molar-refractivity contribution < 1.29 is 18.7 Å². The SMILES string of the molecule is CC(=O)CC[C@H]1CN(c2ccc(N3CCNN(Cc4ccc(N)cc4)CC3)c(F)c2)C(=O)O1. The molecule has 2 heterocycles. The molecule has 0 aliphatic carbocycles. The number of amides is 1. The maximum Gasteiger partial charge on any atom is 0.414 e. The number of ketones is 1. The second kappa shape index (κ2) is 10.2. The van der Waals surface area contributed by atoms with Crippen LogP contribution in [0.5, 0.6) is 0 Å². The molecule has 33 heavy (non-hydrogen) atoms. The highest BCUT2D eigenvalue weighted by Crippen LogP contribution is 2.29. The number of nitrogen functional groups attached to an aromatic ring is 1. The Labute approximate surface area is 193 Å². The molecule has 9 heteroatoms. The van der Waals surface area contributed by atoms with E-state index in [0.29, 0.717) is 50.4 Å². The molecule has 2 aliphatic rings. The van der Waals surface area contributed by atoms with Crippen LogP contribution in [-0.2, 0) is 16.1 Å². The number of carbonyl (C=O) groups is 2. The summed E-state index contributed by atoms with van der Waals surface area (Å²) in [4.78, 5) is 26.9. The van der Waals surface area contributed by atoms with Gasteiger partial charge in [-0.1, -0.05) is 12.1 Å². The smallest absolute Gasteiger partial charge is 0.414 e. The molecule has 176 valence electrons. The molecule has 2 aromatic carbocycles. The maximum absolute atomic E-state index is 15.1. The molecule has 0 spiro atoms. The molecule has 2 saturated heterocycles. The summed E-state index contributed by atoms with van der Waals surface area (Å²) < 4.78 is 20.4. The summed E-state index contributed by atoms with van der Waals surface area (Å²) in [6, 6.07) is 12.6. The van der Waals surface area contributed by atoms with Crippen molar-refractivity contribution in [2.24, 2.45) is 0 Å². The first kappa shape index (κ1) is 23.0. The summed E-state index contributed by atoms with van der Waals surface area (Å²) in [5.41, 5.74) is 12.0. The Morgan fingerprint density at radius 1 is 1.18 bits per heavy atom. The standard InChI is InChI=1S/C24H30FN5O3/c1-17(31)2-8-21-16-30(24(32)33-21)20-7-9-23(22(25)14-20)28-11-10-27-29(13-12-28)15-18-3-5-19(26)6-4-18/h3-7,9,14,21,27H,2,8,10-13,15-16,26H2,1H3/t21-/m0/s1. The largest absolute Gasteiger partial charge is 0.444 e. The Bertz CT molecular complexity index is 1000. The van der Waals surface area contributed by atoms with Gasteiger partial charge in [-0.2, -0.15) is 0 Å². The number of benzene rings is 2. The van der Waals surface area contributed by atoms with E-state index in [2.05, 4.69) is 10.4 Å². The summed E-state index contributed by atoms with van der Waals surface area (Å²) in [7, 11) is 0. The third-order valence-corrected chi connectivity index (χ3v) is 5.99. The second-order valence-electron chi connectivity index (χ2n) is 8.55. The minimum absolute atomic E-state index is 0.0545. The van der Waals surface area contributed by atoms with Crippen LogP contribution in [0.2, 0.25) is 0 Å². The van der Waals surface area contributed by atoms with Crippen LogP contribution < -0.4 is 21.0 Å². The predicted octanol–water partition coefficient (Wildman–Crippen LogP) is 2.93. The van der Waals surface area contributed by atoms with Crippen LogP contribution in [0.25, 0.3) is 0 Å². The fraction of sp³-hybridized carbons (Fsp3) is 0.417. The van der Waals surface area contributed by atoms with Crippen LogP contribution >= 0.6 is 0 Å². The zero-order chi connectivity index (χ0) is 23.4. The van der Waals surface area contributed by atoms with Gasteiger partial charge in [-0.3, -0.25) is 10.3 Å². The van der Waals surface area contributed by atoms with E-state index >= 15 is 4.39 Å². The number of rotatable bonds is 7. The van der Waals surface area contributed by atoms with Crippen molar-refractivity contribution in [2.75, 3.05) is 48.3 Å². The first-order chi connectivity index (χ1) is 15.9. The molecular formula is C24H30FN5O3. The number of halogens is 1. The number of carbonyl (C=O) groups excluding carboxylic acids is 2. The lowest BCUT2D eigenvalue weighted by Crippen LogP contribution is -2.38. The topological polar surface area (TPSA) is 91.1 Å². The van der Waals surface area contributed by atoms with Crippen molar-refractivity contribution in [3.63, 3.8) is 0 Å². The molecule has 0 saturated carbocycles. The highest BCUT2D eigenvalue weighted by molar-refractivity contribution is 5.90. The highest BCUT2D eigenvalue weighted by atomic mass is 19.1. The van der Waals surface area contributed by atoms with Gasteiger partial charge in [0.2, 0.25) is 0 Å². The van der Waals surface area contributed by atoms with Crippen molar-refractivity contribution in [1.82, 2.24) is 10.4 Å². The molecular weight excluding hydrogens is 425 g/mol. The molecule has 0 bridgehead atoms. The van der Waals surface area contributed by atoms with Crippen molar-refractivity contribution in [1.29, 1.82) is 0 Å². The Balaban J connectivity index is 1.37. The van der Waals surface area contributed by atoms with Gasteiger partial charge in [0, 0.05) is 44.8 Å². The van der Waals surface area contributed by atoms with Crippen molar-refractivity contribution in [2.45, 2.75) is 32.4 Å². The zero-order valence-electron chi connectivity index (χ0n) is 18.8. The number of cyclic esters (lactones) is 1. The van der Waals surface area contributed by atoms with Crippen molar-refractivity contribution in [3.05, 3.63) is 53.8 Å². The third kappa shape index (κ3) is 5.80. The van der Waals surface area contributed by atoms with E-state index in [-0.39, 0.29) is 17.7 Å². The number of hydrogen-bond donors (Lipinski definition) is 2. The number of anilines is 3. The molecule has 3 N–H and O–H groups in total. The molecule has 1 atom stereocenters. The van der Waals surface area contributed by atoms with E-state index in [1.807, 2.05) is 29.2 Å². The Morgan fingerprint density at radius 3 is 2.70 bits per heavy atom. The Kier molecular flexibility index (Phi) is 7.10. The van der Waals surface area contributed by atoms with Gasteiger partial charge in [0.05, 0.1) is 17.9 Å². The monoisotopic (exact) mass is 455 g/mol. The third-order valence-electron chi connectivity index (χ3n) is 5.99. The van der Waals surface area contributed by atoms with Gasteiger partial charge in [-0.25, -0.2) is 14.2 Å². The van der Waals surface area contributed by atoms with E-state index in [4.69, 9.17) is 10.5 Å². The van der Waals surface area contributed by atoms with Crippen LogP contribution in [0.4, 0.5) is 26.2 Å². The number of hydrazine groups is 1. The van der Waals surface area contributed by atoms with Gasteiger partial charge in [-0.05, 0) is 49.2 Å². The molecule has 4 rings (SSSR count). The minimum atomic E-state index is -0.506. The number of nitrogens with two attached hydrogens (primary N) is 1. The Hall–Kier alpha value is -3.17. The molecule has 2 aromatic rings. The van der Waals surface area contributed by atoms with Crippen molar-refractivity contribution in [3.8, 4) is 0 Å². The van der Waals surface area contributed by atoms with Crippen LogP contribution in [-0.4, -0.2) is 55.7 Å². The molecule has 8 nitrogen and oxygen atoms in total. The van der Waals surface area contributed by atoms with Gasteiger partial charge < -0.3 is 20.2 Å². The van der Waals surface area contributed by atoms with Gasteiger partial charge in [-0.15, -0.1) is 0 Å². The number of hydrogen-bond acceptors (Lipinski definition) is 7. The van der Waals surface area contributed by atoms with Crippen molar-refractivity contribution >= 4 is 28.9 Å². The maximum atomic E-state index is 15.1. The lowest BCUT2D eigenvalue weighted by Gasteiger charge is -2.24. The van der Waals surface area contributed by atoms with Crippen LogP contribution in [0.1, 0.15) is 25.3 Å².